The highest BCUT2D eigenvalue weighted by Crippen LogP contribution is 2.41. The number of rotatable bonds is 3. The quantitative estimate of drug-likeness (QED) is 0.746. The summed E-state index contributed by atoms with van der Waals surface area (Å²) < 4.78 is 0. The zero-order chi connectivity index (χ0) is 11.6. The number of aromatic hydroxyl groups is 2. The van der Waals surface area contributed by atoms with Crippen molar-refractivity contribution in [2.75, 3.05) is 6.54 Å². The number of benzene rings is 1. The molecule has 1 unspecified atom stereocenters. The maximum atomic E-state index is 9.77. The van der Waals surface area contributed by atoms with Gasteiger partial charge in [-0.2, -0.15) is 0 Å². The number of nitrogens with two attached hydrogens (primary N) is 1. The predicted molar refractivity (Wildman–Crippen MR) is 61.6 cm³/mol. The van der Waals surface area contributed by atoms with E-state index in [4.69, 9.17) is 17.3 Å². The standard InChI is InChI=1S/C11H16ClNO2/c1-6(3-4-13)8-5-7(2)10(14)9(12)11(8)15/h5-6,14-15H,3-4,13H2,1-2H3. The highest BCUT2D eigenvalue weighted by Gasteiger charge is 2.17. The average Bonchev–Trinajstić information content (AvgIpc) is 2.20. The molecular formula is C11H16ClNO2. The van der Waals surface area contributed by atoms with Crippen molar-refractivity contribution in [1.29, 1.82) is 0 Å². The summed E-state index contributed by atoms with van der Waals surface area (Å²) in [5.74, 6) is 0.0328. The van der Waals surface area contributed by atoms with E-state index in [9.17, 15) is 10.2 Å². The fourth-order valence-corrected chi connectivity index (χ4v) is 1.82. The van der Waals surface area contributed by atoms with Crippen molar-refractivity contribution in [2.45, 2.75) is 26.2 Å². The first-order valence-corrected chi connectivity index (χ1v) is 5.27. The molecule has 0 saturated carbocycles. The van der Waals surface area contributed by atoms with Crippen LogP contribution in [0.1, 0.15) is 30.4 Å². The van der Waals surface area contributed by atoms with Gasteiger partial charge in [-0.3, -0.25) is 0 Å². The van der Waals surface area contributed by atoms with Gasteiger partial charge in [-0.1, -0.05) is 18.5 Å². The van der Waals surface area contributed by atoms with E-state index in [1.54, 1.807) is 13.0 Å². The lowest BCUT2D eigenvalue weighted by Gasteiger charge is -2.15. The maximum absolute atomic E-state index is 9.77. The summed E-state index contributed by atoms with van der Waals surface area (Å²) in [4.78, 5) is 0. The van der Waals surface area contributed by atoms with Crippen LogP contribution in [0.2, 0.25) is 5.02 Å². The van der Waals surface area contributed by atoms with Crippen LogP contribution in [0.5, 0.6) is 11.5 Å². The summed E-state index contributed by atoms with van der Waals surface area (Å²) in [6.07, 6.45) is 0.772. The minimum Gasteiger partial charge on any atom is -0.506 e. The molecule has 0 aliphatic carbocycles. The molecule has 4 N–H and O–H groups in total. The Kier molecular flexibility index (Phi) is 3.83. The zero-order valence-corrected chi connectivity index (χ0v) is 9.67. The monoisotopic (exact) mass is 229 g/mol. The van der Waals surface area contributed by atoms with Crippen LogP contribution in [-0.2, 0) is 0 Å². The molecule has 1 rings (SSSR count). The van der Waals surface area contributed by atoms with Crippen molar-refractivity contribution in [1.82, 2.24) is 0 Å². The van der Waals surface area contributed by atoms with E-state index in [1.165, 1.54) is 0 Å². The lowest BCUT2D eigenvalue weighted by molar-refractivity contribution is 0.439. The third-order valence-electron chi connectivity index (χ3n) is 2.57. The summed E-state index contributed by atoms with van der Waals surface area (Å²) >= 11 is 5.80. The van der Waals surface area contributed by atoms with E-state index in [0.29, 0.717) is 12.1 Å². The second-order valence-electron chi connectivity index (χ2n) is 3.77. The fourth-order valence-electron chi connectivity index (χ4n) is 1.56. The molecule has 0 heterocycles. The summed E-state index contributed by atoms with van der Waals surface area (Å²) in [7, 11) is 0. The Morgan fingerprint density at radius 2 is 2.00 bits per heavy atom. The van der Waals surface area contributed by atoms with Crippen LogP contribution < -0.4 is 5.73 Å². The molecule has 0 radical (unpaired) electrons. The number of hydrogen-bond donors (Lipinski definition) is 3. The van der Waals surface area contributed by atoms with E-state index in [1.807, 2.05) is 6.92 Å². The van der Waals surface area contributed by atoms with Gasteiger partial charge in [-0.15, -0.1) is 0 Å². The summed E-state index contributed by atoms with van der Waals surface area (Å²) in [6, 6.07) is 1.75. The van der Waals surface area contributed by atoms with E-state index < -0.39 is 0 Å². The molecule has 1 atom stereocenters. The number of phenols is 2. The topological polar surface area (TPSA) is 66.5 Å². The minimum absolute atomic E-state index is 0.0221. The molecule has 15 heavy (non-hydrogen) atoms. The highest BCUT2D eigenvalue weighted by atomic mass is 35.5. The van der Waals surface area contributed by atoms with Crippen molar-refractivity contribution in [2.24, 2.45) is 5.73 Å². The first-order valence-electron chi connectivity index (χ1n) is 4.90. The van der Waals surface area contributed by atoms with Gasteiger partial charge in [0.2, 0.25) is 0 Å². The van der Waals surface area contributed by atoms with E-state index in [0.717, 1.165) is 12.0 Å². The van der Waals surface area contributed by atoms with Crippen molar-refractivity contribution in [3.8, 4) is 11.5 Å². The lowest BCUT2D eigenvalue weighted by Crippen LogP contribution is -2.05. The van der Waals surface area contributed by atoms with Gasteiger partial charge >= 0.3 is 0 Å². The van der Waals surface area contributed by atoms with Gasteiger partial charge in [0, 0.05) is 0 Å². The minimum atomic E-state index is -0.0575. The average molecular weight is 230 g/mol. The van der Waals surface area contributed by atoms with E-state index in [2.05, 4.69) is 0 Å². The molecule has 84 valence electrons. The van der Waals surface area contributed by atoms with Crippen molar-refractivity contribution in [3.05, 3.63) is 22.2 Å². The van der Waals surface area contributed by atoms with Crippen molar-refractivity contribution < 1.29 is 10.2 Å². The molecular weight excluding hydrogens is 214 g/mol. The number of halogens is 1. The van der Waals surface area contributed by atoms with Crippen LogP contribution >= 0.6 is 11.6 Å². The van der Waals surface area contributed by atoms with Crippen LogP contribution in [0.4, 0.5) is 0 Å². The van der Waals surface area contributed by atoms with Crippen molar-refractivity contribution in [3.63, 3.8) is 0 Å². The fraction of sp³-hybridized carbons (Fsp3) is 0.455. The molecule has 0 bridgehead atoms. The number of aryl methyl sites for hydroxylation is 1. The van der Waals surface area contributed by atoms with Gasteiger partial charge in [-0.05, 0) is 43.0 Å². The molecule has 0 amide bonds. The smallest absolute Gasteiger partial charge is 0.141 e. The molecule has 4 heteroatoms. The molecule has 0 spiro atoms. The van der Waals surface area contributed by atoms with Gasteiger partial charge in [0.1, 0.15) is 16.5 Å². The van der Waals surface area contributed by atoms with Gasteiger partial charge in [0.05, 0.1) is 0 Å². The lowest BCUT2D eigenvalue weighted by atomic mass is 9.95. The molecule has 1 aromatic carbocycles. The van der Waals surface area contributed by atoms with Crippen LogP contribution in [0.3, 0.4) is 0 Å². The second kappa shape index (κ2) is 4.73. The van der Waals surface area contributed by atoms with Crippen LogP contribution in [-0.4, -0.2) is 16.8 Å². The maximum Gasteiger partial charge on any atom is 0.141 e. The Balaban J connectivity index is 3.19. The predicted octanol–water partition coefficient (Wildman–Crippen LogP) is 2.51. The van der Waals surface area contributed by atoms with Gasteiger partial charge < -0.3 is 15.9 Å². The van der Waals surface area contributed by atoms with Crippen LogP contribution in [0.15, 0.2) is 6.07 Å². The molecule has 0 aromatic heterocycles. The second-order valence-corrected chi connectivity index (χ2v) is 4.15. The third-order valence-corrected chi connectivity index (χ3v) is 2.92. The Morgan fingerprint density at radius 3 is 2.53 bits per heavy atom. The Morgan fingerprint density at radius 1 is 1.40 bits per heavy atom. The molecule has 0 aliphatic heterocycles. The molecule has 1 aromatic rings. The summed E-state index contributed by atoms with van der Waals surface area (Å²) in [5, 5.41) is 19.3. The molecule has 0 saturated heterocycles. The SMILES string of the molecule is Cc1cc(C(C)CCN)c(O)c(Cl)c1O. The number of hydrogen-bond acceptors (Lipinski definition) is 3. The Hall–Kier alpha value is -0.930. The molecule has 3 nitrogen and oxygen atoms in total. The first-order chi connectivity index (χ1) is 6.99. The Labute approximate surface area is 94.5 Å². The molecule has 0 aliphatic rings. The van der Waals surface area contributed by atoms with Gasteiger partial charge in [-0.25, -0.2) is 0 Å². The zero-order valence-electron chi connectivity index (χ0n) is 8.92. The van der Waals surface area contributed by atoms with Crippen molar-refractivity contribution >= 4 is 11.6 Å². The molecule has 0 fully saturated rings. The third kappa shape index (κ3) is 2.36. The summed E-state index contributed by atoms with van der Waals surface area (Å²) in [5.41, 5.74) is 6.86. The highest BCUT2D eigenvalue weighted by molar-refractivity contribution is 6.33. The van der Waals surface area contributed by atoms with Gasteiger partial charge in [0.25, 0.3) is 0 Å². The largest absolute Gasteiger partial charge is 0.506 e. The number of phenolic OH excluding ortho intramolecular Hbond substituents is 2. The first kappa shape index (κ1) is 12.1. The van der Waals surface area contributed by atoms with E-state index in [-0.39, 0.29) is 22.4 Å². The van der Waals surface area contributed by atoms with Gasteiger partial charge in [0.15, 0.2) is 0 Å². The summed E-state index contributed by atoms with van der Waals surface area (Å²) in [6.45, 7) is 4.27. The normalized spacial score (nSPS) is 12.8. The van der Waals surface area contributed by atoms with Crippen LogP contribution in [0.25, 0.3) is 0 Å². The Bertz CT molecular complexity index is 366. The van der Waals surface area contributed by atoms with Crippen LogP contribution in [0, 0.1) is 6.92 Å². The van der Waals surface area contributed by atoms with E-state index >= 15 is 0 Å².